The Morgan fingerprint density at radius 1 is 0.429 bits per heavy atom. The highest BCUT2D eigenvalue weighted by Gasteiger charge is 2.17. The van der Waals surface area contributed by atoms with E-state index in [2.05, 4.69) is 102 Å². The van der Waals surface area contributed by atoms with Crippen molar-refractivity contribution in [1.29, 1.82) is 0 Å². The van der Waals surface area contributed by atoms with E-state index in [4.69, 9.17) is 9.40 Å². The lowest BCUT2D eigenvalue weighted by molar-refractivity contribution is 0.669. The van der Waals surface area contributed by atoms with Crippen LogP contribution in [0.1, 0.15) is 0 Å². The molecule has 0 aliphatic rings. The summed E-state index contributed by atoms with van der Waals surface area (Å²) in [4.78, 5) is 18.8. The van der Waals surface area contributed by atoms with E-state index in [1.807, 2.05) is 66.7 Å². The minimum absolute atomic E-state index is 0.0887. The Morgan fingerprint density at radius 3 is 1.86 bits per heavy atom. The van der Waals surface area contributed by atoms with Crippen molar-refractivity contribution >= 4 is 54.6 Å². The van der Waals surface area contributed by atoms with Crippen molar-refractivity contribution < 1.29 is 4.42 Å². The zero-order valence-electron chi connectivity index (χ0n) is 26.2. The van der Waals surface area contributed by atoms with Crippen LogP contribution in [0.5, 0.6) is 0 Å². The first-order valence-electron chi connectivity index (χ1n) is 16.3. The Labute approximate surface area is 280 Å². The van der Waals surface area contributed by atoms with Crippen LogP contribution in [0.25, 0.3) is 88.5 Å². The number of furan rings is 1. The van der Waals surface area contributed by atoms with Crippen molar-refractivity contribution in [2.45, 2.75) is 0 Å². The summed E-state index contributed by atoms with van der Waals surface area (Å²) in [7, 11) is 0. The Hall–Kier alpha value is -6.72. The molecule has 0 unspecified atom stereocenters. The lowest BCUT2D eigenvalue weighted by atomic mass is 10.0. The third kappa shape index (κ3) is 4.26. The number of para-hydroxylation sites is 4. The number of hydrogen-bond donors (Lipinski definition) is 0. The third-order valence-corrected chi connectivity index (χ3v) is 9.56. The van der Waals surface area contributed by atoms with Crippen molar-refractivity contribution in [3.63, 3.8) is 0 Å². The molecule has 10 aromatic rings. The molecule has 0 saturated heterocycles. The van der Waals surface area contributed by atoms with Crippen molar-refractivity contribution in [2.24, 2.45) is 0 Å². The van der Waals surface area contributed by atoms with Crippen molar-refractivity contribution in [3.05, 3.63) is 174 Å². The molecule has 0 spiro atoms. The standard InChI is InChI=1S/C44H27N3O2/c48-44-35-14-4-7-15-38(35)45-43(47(44)31-10-2-1-3-11-31)28-18-22-32(23-19-28)46-39-16-8-5-12-33(39)36-26-29(20-24-40(36)46)30-21-25-42-37(27-30)34-13-6-9-17-41(34)49-42/h1-27H. The predicted molar refractivity (Wildman–Crippen MR) is 200 cm³/mol. The highest BCUT2D eigenvalue weighted by molar-refractivity contribution is 6.11. The first kappa shape index (κ1) is 27.4. The van der Waals surface area contributed by atoms with Crippen molar-refractivity contribution in [2.75, 3.05) is 0 Å². The summed E-state index contributed by atoms with van der Waals surface area (Å²) in [6.07, 6.45) is 0. The number of fused-ring (bicyclic) bond motifs is 7. The molecule has 0 bridgehead atoms. The first-order chi connectivity index (χ1) is 24.2. The van der Waals surface area contributed by atoms with Crippen molar-refractivity contribution in [3.8, 4) is 33.9 Å². The van der Waals surface area contributed by atoms with Gasteiger partial charge >= 0.3 is 0 Å². The number of rotatable bonds is 4. The van der Waals surface area contributed by atoms with Gasteiger partial charge in [0.2, 0.25) is 0 Å². The SMILES string of the molecule is O=c1c2ccccc2nc(-c2ccc(-n3c4ccccc4c4cc(-c5ccc6oc7ccccc7c6c5)ccc43)cc2)n1-c1ccccc1. The molecule has 0 atom stereocenters. The summed E-state index contributed by atoms with van der Waals surface area (Å²) in [5.41, 5.74) is 9.61. The molecule has 7 aromatic carbocycles. The maximum atomic E-state index is 13.8. The maximum Gasteiger partial charge on any atom is 0.266 e. The lowest BCUT2D eigenvalue weighted by Gasteiger charge is -2.15. The van der Waals surface area contributed by atoms with Gasteiger partial charge in [-0.05, 0) is 96.1 Å². The van der Waals surface area contributed by atoms with Gasteiger partial charge in [0, 0.05) is 32.8 Å². The second-order valence-electron chi connectivity index (χ2n) is 12.4. The highest BCUT2D eigenvalue weighted by atomic mass is 16.3. The Kier molecular flexibility index (Phi) is 5.96. The molecule has 0 aliphatic carbocycles. The van der Waals surface area contributed by atoms with E-state index in [0.717, 1.165) is 61.0 Å². The number of benzene rings is 7. The third-order valence-electron chi connectivity index (χ3n) is 9.56. The topological polar surface area (TPSA) is 53.0 Å². The minimum Gasteiger partial charge on any atom is -0.456 e. The van der Waals surface area contributed by atoms with Gasteiger partial charge in [0.1, 0.15) is 17.0 Å². The summed E-state index contributed by atoms with van der Waals surface area (Å²) in [6, 6.07) is 55.5. The van der Waals surface area contributed by atoms with Crippen LogP contribution in [0.4, 0.5) is 0 Å². The number of hydrogen-bond acceptors (Lipinski definition) is 3. The molecule has 230 valence electrons. The minimum atomic E-state index is -0.0887. The molecule has 10 rings (SSSR count). The van der Waals surface area contributed by atoms with Gasteiger partial charge in [0.15, 0.2) is 0 Å². The second kappa shape index (κ2) is 10.7. The van der Waals surface area contributed by atoms with Crippen LogP contribution < -0.4 is 5.56 Å². The summed E-state index contributed by atoms with van der Waals surface area (Å²) >= 11 is 0. The van der Waals surface area contributed by atoms with Crippen LogP contribution in [0.15, 0.2) is 173 Å². The van der Waals surface area contributed by atoms with Crippen LogP contribution in [0.3, 0.4) is 0 Å². The first-order valence-corrected chi connectivity index (χ1v) is 16.3. The smallest absolute Gasteiger partial charge is 0.266 e. The van der Waals surface area contributed by atoms with Gasteiger partial charge in [0.25, 0.3) is 5.56 Å². The summed E-state index contributed by atoms with van der Waals surface area (Å²) < 4.78 is 10.1. The second-order valence-corrected chi connectivity index (χ2v) is 12.4. The summed E-state index contributed by atoms with van der Waals surface area (Å²) in [5.74, 6) is 0.607. The molecule has 3 aromatic heterocycles. The van der Waals surface area contributed by atoms with Gasteiger partial charge in [-0.1, -0.05) is 78.9 Å². The predicted octanol–water partition coefficient (Wildman–Crippen LogP) is 10.7. The van der Waals surface area contributed by atoms with Gasteiger partial charge in [-0.15, -0.1) is 0 Å². The van der Waals surface area contributed by atoms with E-state index >= 15 is 0 Å². The normalized spacial score (nSPS) is 11.8. The van der Waals surface area contributed by atoms with Crippen LogP contribution in [-0.4, -0.2) is 14.1 Å². The molecule has 0 amide bonds. The van der Waals surface area contributed by atoms with E-state index in [0.29, 0.717) is 16.7 Å². The Bertz CT molecular complexity index is 2950. The molecule has 0 fully saturated rings. The monoisotopic (exact) mass is 629 g/mol. The fourth-order valence-corrected chi connectivity index (χ4v) is 7.24. The van der Waals surface area contributed by atoms with Gasteiger partial charge in [-0.2, -0.15) is 0 Å². The molecule has 0 radical (unpaired) electrons. The molecule has 0 aliphatic heterocycles. The number of aromatic nitrogens is 3. The molecular formula is C44H27N3O2. The molecule has 49 heavy (non-hydrogen) atoms. The summed E-state index contributed by atoms with van der Waals surface area (Å²) in [5, 5.41) is 5.21. The molecule has 5 nitrogen and oxygen atoms in total. The van der Waals surface area contributed by atoms with Gasteiger partial charge < -0.3 is 8.98 Å². The molecule has 3 heterocycles. The molecule has 5 heteroatoms. The largest absolute Gasteiger partial charge is 0.456 e. The van der Waals surface area contributed by atoms with Crippen LogP contribution in [0, 0.1) is 0 Å². The van der Waals surface area contributed by atoms with E-state index in [1.54, 1.807) is 4.57 Å². The molecular weight excluding hydrogens is 603 g/mol. The fourth-order valence-electron chi connectivity index (χ4n) is 7.24. The average Bonchev–Trinajstić information content (AvgIpc) is 3.70. The van der Waals surface area contributed by atoms with Crippen LogP contribution in [0.2, 0.25) is 0 Å². The van der Waals surface area contributed by atoms with E-state index in [9.17, 15) is 4.79 Å². The Morgan fingerprint density at radius 2 is 1.02 bits per heavy atom. The van der Waals surface area contributed by atoms with Crippen LogP contribution >= 0.6 is 0 Å². The van der Waals surface area contributed by atoms with E-state index in [1.165, 1.54) is 10.8 Å². The van der Waals surface area contributed by atoms with Crippen molar-refractivity contribution in [1.82, 2.24) is 14.1 Å². The molecule has 0 N–H and O–H groups in total. The number of nitrogens with zero attached hydrogens (tertiary/aromatic N) is 3. The van der Waals surface area contributed by atoms with E-state index < -0.39 is 0 Å². The quantitative estimate of drug-likeness (QED) is 0.195. The molecule has 0 saturated carbocycles. The van der Waals surface area contributed by atoms with Crippen LogP contribution in [-0.2, 0) is 0 Å². The van der Waals surface area contributed by atoms with Gasteiger partial charge in [0.05, 0.1) is 27.6 Å². The van der Waals surface area contributed by atoms with Gasteiger partial charge in [-0.3, -0.25) is 9.36 Å². The fraction of sp³-hybridized carbons (Fsp3) is 0. The highest BCUT2D eigenvalue weighted by Crippen LogP contribution is 2.37. The lowest BCUT2D eigenvalue weighted by Crippen LogP contribution is -2.21. The zero-order valence-corrected chi connectivity index (χ0v) is 26.2. The zero-order chi connectivity index (χ0) is 32.5. The Balaban J connectivity index is 1.11. The van der Waals surface area contributed by atoms with E-state index in [-0.39, 0.29) is 5.56 Å². The average molecular weight is 630 g/mol. The summed E-state index contributed by atoms with van der Waals surface area (Å²) in [6.45, 7) is 0. The maximum absolute atomic E-state index is 13.8. The van der Waals surface area contributed by atoms with Gasteiger partial charge in [-0.25, -0.2) is 4.98 Å².